The van der Waals surface area contributed by atoms with E-state index in [4.69, 9.17) is 10.0 Å². The van der Waals surface area contributed by atoms with Crippen molar-refractivity contribution in [1.29, 1.82) is 0 Å². The highest BCUT2D eigenvalue weighted by Crippen LogP contribution is 1.63. The minimum atomic E-state index is -2.67. The molecule has 14 heavy (non-hydrogen) atoms. The van der Waals surface area contributed by atoms with Crippen LogP contribution in [0.3, 0.4) is 0 Å². The van der Waals surface area contributed by atoms with Crippen molar-refractivity contribution in [3.8, 4) is 0 Å². The second-order valence-corrected chi connectivity index (χ2v) is 1.83. The number of H-pyrrole nitrogens is 2. The lowest BCUT2D eigenvalue weighted by molar-refractivity contribution is 0.340. The van der Waals surface area contributed by atoms with Gasteiger partial charge in [0.15, 0.2) is 0 Å². The van der Waals surface area contributed by atoms with E-state index in [2.05, 4.69) is 19.9 Å². The van der Waals surface area contributed by atoms with Crippen molar-refractivity contribution in [2.75, 3.05) is 0 Å². The maximum Gasteiger partial charge on any atom is 0.674 e. The number of hydrogen-bond donors (Lipinski definition) is 4. The van der Waals surface area contributed by atoms with Crippen LogP contribution in [-0.4, -0.2) is 37.4 Å². The lowest BCUT2D eigenvalue weighted by Gasteiger charge is -1.65. The Hall–Kier alpha value is -1.67. The first-order chi connectivity index (χ1) is 6.73. The topological polar surface area (TPSA) is 97.8 Å². The van der Waals surface area contributed by atoms with Crippen LogP contribution in [0.2, 0.25) is 0 Å². The summed E-state index contributed by atoms with van der Waals surface area (Å²) in [6.45, 7) is 0. The molecule has 0 fully saturated rings. The monoisotopic (exact) mass is 200 g/mol. The Morgan fingerprint density at radius 3 is 1.43 bits per heavy atom. The first-order valence-corrected chi connectivity index (χ1v) is 3.59. The summed E-state index contributed by atoms with van der Waals surface area (Å²) in [6.07, 6.45) is 10.2. The van der Waals surface area contributed by atoms with Crippen LogP contribution in [0, 0.1) is 0 Å². The Bertz CT molecular complexity index is 200. The molecule has 2 aromatic heterocycles. The molecule has 8 heteroatoms. The molecule has 6 nitrogen and oxygen atoms in total. The minimum absolute atomic E-state index is 1.62. The summed E-state index contributed by atoms with van der Waals surface area (Å²) < 4.78 is 10.1. The molecule has 76 valence electrons. The zero-order chi connectivity index (χ0) is 10.6. The lowest BCUT2D eigenvalue weighted by atomic mass is 10.3. The summed E-state index contributed by atoms with van der Waals surface area (Å²) >= 11 is 0. The molecular formula is C6H10BFN4O2. The molecule has 0 radical (unpaired) electrons. The van der Waals surface area contributed by atoms with Crippen LogP contribution in [-0.2, 0) is 0 Å². The van der Waals surface area contributed by atoms with Crippen molar-refractivity contribution in [1.82, 2.24) is 19.9 Å². The van der Waals surface area contributed by atoms with Crippen LogP contribution in [0.1, 0.15) is 0 Å². The number of rotatable bonds is 0. The number of halogens is 1. The molecular weight excluding hydrogens is 190 g/mol. The molecule has 4 N–H and O–H groups in total. The lowest BCUT2D eigenvalue weighted by Crippen LogP contribution is -1.98. The van der Waals surface area contributed by atoms with Crippen LogP contribution in [0.4, 0.5) is 4.32 Å². The zero-order valence-corrected chi connectivity index (χ0v) is 7.21. The summed E-state index contributed by atoms with van der Waals surface area (Å²) in [4.78, 5) is 12.8. The molecule has 0 saturated heterocycles. The molecule has 2 heterocycles. The van der Waals surface area contributed by atoms with E-state index >= 15 is 0 Å². The second kappa shape index (κ2) is 9.42. The van der Waals surface area contributed by atoms with Crippen LogP contribution in [0.15, 0.2) is 37.4 Å². The summed E-state index contributed by atoms with van der Waals surface area (Å²) in [5, 5.41) is 13.9. The third kappa shape index (κ3) is 13.0. The van der Waals surface area contributed by atoms with E-state index in [0.717, 1.165) is 0 Å². The molecule has 0 amide bonds. The van der Waals surface area contributed by atoms with E-state index in [1.165, 1.54) is 0 Å². The summed E-state index contributed by atoms with van der Waals surface area (Å²) in [5.41, 5.74) is 0. The first-order valence-electron chi connectivity index (χ1n) is 3.59. The van der Waals surface area contributed by atoms with Crippen LogP contribution >= 0.6 is 0 Å². The molecule has 0 aliphatic rings. The average Bonchev–Trinajstić information content (AvgIpc) is 2.83. The Balaban J connectivity index is 0.000000183. The van der Waals surface area contributed by atoms with Gasteiger partial charge in [0, 0.05) is 24.8 Å². The zero-order valence-electron chi connectivity index (χ0n) is 7.21. The molecule has 0 unspecified atom stereocenters. The molecule has 2 rings (SSSR count). The first kappa shape index (κ1) is 12.3. The molecule has 0 bridgehead atoms. The van der Waals surface area contributed by atoms with Gasteiger partial charge >= 0.3 is 7.40 Å². The highest BCUT2D eigenvalue weighted by Gasteiger charge is 1.97. The Kier molecular flexibility index (Phi) is 8.30. The number of aromatic nitrogens is 4. The Morgan fingerprint density at radius 1 is 1.00 bits per heavy atom. The average molecular weight is 200 g/mol. The van der Waals surface area contributed by atoms with E-state index in [1.807, 2.05) is 0 Å². The van der Waals surface area contributed by atoms with E-state index < -0.39 is 7.40 Å². The van der Waals surface area contributed by atoms with Crippen molar-refractivity contribution < 1.29 is 14.4 Å². The van der Waals surface area contributed by atoms with Gasteiger partial charge in [0.2, 0.25) is 0 Å². The highest BCUT2D eigenvalue weighted by atomic mass is 19.1. The smallest absolute Gasteiger partial charge is 0.398 e. The fourth-order valence-corrected chi connectivity index (χ4v) is 0.430. The van der Waals surface area contributed by atoms with Gasteiger partial charge in [0.25, 0.3) is 0 Å². The van der Waals surface area contributed by atoms with Gasteiger partial charge in [-0.3, -0.25) is 4.32 Å². The predicted molar refractivity (Wildman–Crippen MR) is 48.5 cm³/mol. The molecule has 0 aliphatic heterocycles. The predicted octanol–water partition coefficient (Wildman–Crippen LogP) is -0.255. The number of nitrogens with one attached hydrogen (secondary N) is 2. The van der Waals surface area contributed by atoms with Crippen LogP contribution < -0.4 is 0 Å². The molecule has 0 saturated carbocycles. The third-order valence-corrected chi connectivity index (χ3v) is 0.812. The number of aromatic amines is 2. The maximum absolute atomic E-state index is 10.1. The SMILES string of the molecule is OB(O)F.c1c[nH]cn1.c1c[nH]cn1. The summed E-state index contributed by atoms with van der Waals surface area (Å²) in [7, 11) is -2.67. The van der Waals surface area contributed by atoms with Gasteiger partial charge in [-0.15, -0.1) is 0 Å². The van der Waals surface area contributed by atoms with E-state index in [-0.39, 0.29) is 0 Å². The summed E-state index contributed by atoms with van der Waals surface area (Å²) in [5.74, 6) is 0. The van der Waals surface area contributed by atoms with Crippen molar-refractivity contribution in [3.05, 3.63) is 37.4 Å². The minimum Gasteiger partial charge on any atom is -0.398 e. The van der Waals surface area contributed by atoms with E-state index in [1.54, 1.807) is 37.4 Å². The van der Waals surface area contributed by atoms with Crippen LogP contribution in [0.5, 0.6) is 0 Å². The van der Waals surface area contributed by atoms with Gasteiger partial charge in [-0.25, -0.2) is 9.97 Å². The van der Waals surface area contributed by atoms with E-state index in [0.29, 0.717) is 0 Å². The quantitative estimate of drug-likeness (QED) is 0.440. The van der Waals surface area contributed by atoms with E-state index in [9.17, 15) is 4.32 Å². The van der Waals surface area contributed by atoms with Gasteiger partial charge < -0.3 is 20.0 Å². The second-order valence-electron chi connectivity index (χ2n) is 1.83. The molecule has 0 atom stereocenters. The molecule has 0 aromatic carbocycles. The largest absolute Gasteiger partial charge is 0.674 e. The number of hydrogen-bond acceptors (Lipinski definition) is 4. The fraction of sp³-hybridized carbons (Fsp3) is 0. The Labute approximate surface area is 80.1 Å². The molecule has 2 aromatic rings. The summed E-state index contributed by atoms with van der Waals surface area (Å²) in [6, 6.07) is 0. The van der Waals surface area contributed by atoms with Gasteiger partial charge in [0.05, 0.1) is 12.7 Å². The Morgan fingerprint density at radius 2 is 1.36 bits per heavy atom. The van der Waals surface area contributed by atoms with Gasteiger partial charge in [-0.1, -0.05) is 0 Å². The van der Waals surface area contributed by atoms with Crippen molar-refractivity contribution >= 4 is 7.40 Å². The van der Waals surface area contributed by atoms with Gasteiger partial charge in [-0.2, -0.15) is 0 Å². The number of nitrogens with zero attached hydrogens (tertiary/aromatic N) is 2. The standard InChI is InChI=1S/2C3H4N2.BFH2O2/c2*1-2-5-3-4-1;2-1(3)4/h2*1-3H,(H,4,5);3-4H. The fourth-order valence-electron chi connectivity index (χ4n) is 0.430. The van der Waals surface area contributed by atoms with Crippen LogP contribution in [0.25, 0.3) is 0 Å². The molecule has 0 spiro atoms. The highest BCUT2D eigenvalue weighted by molar-refractivity contribution is 6.31. The normalized spacial score (nSPS) is 7.64. The van der Waals surface area contributed by atoms with Gasteiger partial charge in [0.1, 0.15) is 0 Å². The molecule has 0 aliphatic carbocycles. The number of imidazole rings is 2. The maximum atomic E-state index is 10.1. The third-order valence-electron chi connectivity index (χ3n) is 0.812. The van der Waals surface area contributed by atoms with Crippen molar-refractivity contribution in [3.63, 3.8) is 0 Å². The van der Waals surface area contributed by atoms with Gasteiger partial charge in [-0.05, 0) is 0 Å². The van der Waals surface area contributed by atoms with Crippen molar-refractivity contribution in [2.24, 2.45) is 0 Å². The van der Waals surface area contributed by atoms with Crippen molar-refractivity contribution in [2.45, 2.75) is 0 Å².